The Morgan fingerprint density at radius 2 is 1.81 bits per heavy atom. The highest BCUT2D eigenvalue weighted by molar-refractivity contribution is 6.00. The summed E-state index contributed by atoms with van der Waals surface area (Å²) in [5.74, 6) is 0.777. The first-order valence-corrected chi connectivity index (χ1v) is 8.50. The first kappa shape index (κ1) is 22.9. The predicted octanol–water partition coefficient (Wildman–Crippen LogP) is 1.21. The van der Waals surface area contributed by atoms with E-state index in [1.54, 1.807) is 17.0 Å². The summed E-state index contributed by atoms with van der Waals surface area (Å²) in [6.45, 7) is 2.81. The molecule has 2 N–H and O–H groups in total. The number of carbonyl (C=O) groups is 2. The molecule has 2 amide bonds. The molecule has 1 aliphatic rings. The lowest BCUT2D eigenvalue weighted by molar-refractivity contribution is -0.126. The minimum Gasteiger partial charge on any atom is -0.493 e. The van der Waals surface area contributed by atoms with Gasteiger partial charge >= 0.3 is 0 Å². The van der Waals surface area contributed by atoms with Crippen LogP contribution in [0.5, 0.6) is 17.2 Å². The fraction of sp³-hybridized carbons (Fsp3) is 0.556. The van der Waals surface area contributed by atoms with Crippen molar-refractivity contribution >= 4 is 29.9 Å². The summed E-state index contributed by atoms with van der Waals surface area (Å²) in [5, 5.41) is 5.94. The maximum Gasteiger partial charge on any atom is 0.227 e. The van der Waals surface area contributed by atoms with E-state index in [9.17, 15) is 9.59 Å². The van der Waals surface area contributed by atoms with Crippen molar-refractivity contribution in [2.75, 3.05) is 46.4 Å². The Bertz CT molecular complexity index is 645. The number of nitrogens with one attached hydrogen (secondary N) is 2. The van der Waals surface area contributed by atoms with Gasteiger partial charge in [-0.25, -0.2) is 0 Å². The van der Waals surface area contributed by atoms with Crippen molar-refractivity contribution in [3.63, 3.8) is 0 Å². The fourth-order valence-corrected chi connectivity index (χ4v) is 2.86. The van der Waals surface area contributed by atoms with Crippen LogP contribution in [0.15, 0.2) is 12.1 Å². The minimum atomic E-state index is -0.384. The molecule has 1 fully saturated rings. The van der Waals surface area contributed by atoms with Crippen LogP contribution in [0.25, 0.3) is 0 Å². The monoisotopic (exact) mass is 401 g/mol. The molecule has 1 aromatic rings. The van der Waals surface area contributed by atoms with Crippen LogP contribution >= 0.6 is 12.4 Å². The van der Waals surface area contributed by atoms with Crippen LogP contribution in [0, 0.1) is 5.92 Å². The third-order valence-electron chi connectivity index (χ3n) is 4.53. The first-order valence-electron chi connectivity index (χ1n) is 8.50. The van der Waals surface area contributed by atoms with Crippen LogP contribution < -0.4 is 29.7 Å². The van der Waals surface area contributed by atoms with E-state index < -0.39 is 0 Å². The smallest absolute Gasteiger partial charge is 0.227 e. The normalized spacial score (nSPS) is 17.1. The van der Waals surface area contributed by atoms with Crippen LogP contribution in [0.4, 0.5) is 5.69 Å². The lowest BCUT2D eigenvalue weighted by Gasteiger charge is -2.20. The topological polar surface area (TPSA) is 89.1 Å². The van der Waals surface area contributed by atoms with Gasteiger partial charge in [0.25, 0.3) is 0 Å². The second-order valence-corrected chi connectivity index (χ2v) is 6.22. The van der Waals surface area contributed by atoms with Gasteiger partial charge in [-0.2, -0.15) is 0 Å². The van der Waals surface area contributed by atoms with E-state index in [1.165, 1.54) is 21.3 Å². The zero-order chi connectivity index (χ0) is 19.3. The number of anilines is 1. The highest BCUT2D eigenvalue weighted by atomic mass is 35.5. The average molecular weight is 402 g/mol. The molecule has 0 saturated carbocycles. The van der Waals surface area contributed by atoms with E-state index in [-0.39, 0.29) is 42.6 Å². The number of likely N-dealkylation sites (N-methyl/N-ethyl adjacent to an activating group) is 1. The number of hydrogen-bond donors (Lipinski definition) is 2. The lowest BCUT2D eigenvalue weighted by atomic mass is 10.1. The summed E-state index contributed by atoms with van der Waals surface area (Å²) in [6.07, 6.45) is 0.177. The van der Waals surface area contributed by atoms with Crippen molar-refractivity contribution < 1.29 is 23.8 Å². The molecule has 0 radical (unpaired) electrons. The summed E-state index contributed by atoms with van der Waals surface area (Å²) in [7, 11) is 6.40. The molecule has 0 aromatic heterocycles. The lowest BCUT2D eigenvalue weighted by Crippen LogP contribution is -2.40. The number of benzene rings is 1. The van der Waals surface area contributed by atoms with Crippen LogP contribution in [0.3, 0.4) is 0 Å². The molecule has 8 nitrogen and oxygen atoms in total. The quantitative estimate of drug-likeness (QED) is 0.680. The molecule has 1 aromatic carbocycles. The van der Waals surface area contributed by atoms with Crippen molar-refractivity contribution in [2.45, 2.75) is 19.4 Å². The highest BCUT2D eigenvalue weighted by Gasteiger charge is 2.36. The Labute approximate surface area is 165 Å². The van der Waals surface area contributed by atoms with Gasteiger partial charge in [0.2, 0.25) is 17.6 Å². The molecule has 1 aliphatic heterocycles. The van der Waals surface area contributed by atoms with Crippen molar-refractivity contribution in [1.29, 1.82) is 0 Å². The van der Waals surface area contributed by atoms with Crippen molar-refractivity contribution in [3.8, 4) is 17.2 Å². The number of nitrogens with zero attached hydrogens (tertiary/aromatic N) is 1. The van der Waals surface area contributed by atoms with E-state index in [0.29, 0.717) is 36.0 Å². The summed E-state index contributed by atoms with van der Waals surface area (Å²) in [5.41, 5.74) is 0.614. The molecule has 0 spiro atoms. The molecule has 2 unspecified atom stereocenters. The van der Waals surface area contributed by atoms with Gasteiger partial charge in [-0.1, -0.05) is 0 Å². The molecular formula is C18H28ClN3O5. The van der Waals surface area contributed by atoms with Crippen LogP contribution in [0.2, 0.25) is 0 Å². The maximum atomic E-state index is 12.5. The van der Waals surface area contributed by atoms with Gasteiger partial charge in [-0.3, -0.25) is 9.59 Å². The van der Waals surface area contributed by atoms with E-state index in [1.807, 2.05) is 14.0 Å². The van der Waals surface area contributed by atoms with Crippen molar-refractivity contribution in [3.05, 3.63) is 12.1 Å². The Hall–Kier alpha value is -2.19. The van der Waals surface area contributed by atoms with Gasteiger partial charge in [-0.05, 0) is 14.0 Å². The molecule has 2 rings (SSSR count). The van der Waals surface area contributed by atoms with E-state index >= 15 is 0 Å². The molecular weight excluding hydrogens is 374 g/mol. The van der Waals surface area contributed by atoms with Crippen molar-refractivity contribution in [1.82, 2.24) is 10.6 Å². The molecule has 9 heteroatoms. The van der Waals surface area contributed by atoms with Gasteiger partial charge in [0, 0.05) is 37.7 Å². The maximum absolute atomic E-state index is 12.5. The molecule has 1 saturated heterocycles. The zero-order valence-corrected chi connectivity index (χ0v) is 17.1. The Kier molecular flexibility index (Phi) is 8.65. The Morgan fingerprint density at radius 3 is 2.30 bits per heavy atom. The summed E-state index contributed by atoms with van der Waals surface area (Å²) in [4.78, 5) is 26.4. The number of halogens is 1. The van der Waals surface area contributed by atoms with Crippen molar-refractivity contribution in [2.24, 2.45) is 5.92 Å². The first-order chi connectivity index (χ1) is 12.4. The van der Waals surface area contributed by atoms with Gasteiger partial charge < -0.3 is 29.7 Å². The second kappa shape index (κ2) is 10.2. The van der Waals surface area contributed by atoms with E-state index in [0.717, 1.165) is 0 Å². The van der Waals surface area contributed by atoms with Gasteiger partial charge in [0.1, 0.15) is 0 Å². The Morgan fingerprint density at radius 1 is 1.22 bits per heavy atom. The number of rotatable bonds is 8. The number of ether oxygens (including phenoxy) is 3. The number of hydrogen-bond acceptors (Lipinski definition) is 6. The second-order valence-electron chi connectivity index (χ2n) is 6.22. The number of methoxy groups -OCH3 is 3. The summed E-state index contributed by atoms with van der Waals surface area (Å²) in [6, 6.07) is 3.59. The average Bonchev–Trinajstić information content (AvgIpc) is 3.06. The molecule has 27 heavy (non-hydrogen) atoms. The standard InChI is InChI=1S/C18H27N3O5.ClH/c1-11(19-2)9-20-18(23)12-6-16(22)21(10-12)13-7-14(24-3)17(26-5)15(8-13)25-4;/h7-8,11-12,19H,6,9-10H2,1-5H3,(H,20,23);1H. The number of carbonyl (C=O) groups excluding carboxylic acids is 2. The summed E-state index contributed by atoms with van der Waals surface area (Å²) < 4.78 is 16.0. The van der Waals surface area contributed by atoms with Crippen LogP contribution in [0.1, 0.15) is 13.3 Å². The van der Waals surface area contributed by atoms with Gasteiger partial charge in [-0.15, -0.1) is 12.4 Å². The largest absolute Gasteiger partial charge is 0.493 e. The Balaban J connectivity index is 0.00000364. The zero-order valence-electron chi connectivity index (χ0n) is 16.3. The van der Waals surface area contributed by atoms with Gasteiger partial charge in [0.15, 0.2) is 11.5 Å². The highest BCUT2D eigenvalue weighted by Crippen LogP contribution is 2.42. The van der Waals surface area contributed by atoms with E-state index in [4.69, 9.17) is 14.2 Å². The summed E-state index contributed by atoms with van der Waals surface area (Å²) >= 11 is 0. The molecule has 1 heterocycles. The number of amides is 2. The molecule has 0 bridgehead atoms. The van der Waals surface area contributed by atoms with E-state index in [2.05, 4.69) is 10.6 Å². The van der Waals surface area contributed by atoms with Crippen LogP contribution in [-0.4, -0.2) is 59.3 Å². The fourth-order valence-electron chi connectivity index (χ4n) is 2.86. The molecule has 0 aliphatic carbocycles. The third-order valence-corrected chi connectivity index (χ3v) is 4.53. The van der Waals surface area contributed by atoms with Gasteiger partial charge in [0.05, 0.1) is 32.9 Å². The minimum absolute atomic E-state index is 0. The predicted molar refractivity (Wildman–Crippen MR) is 105 cm³/mol. The SMILES string of the molecule is CNC(C)CNC(=O)C1CC(=O)N(c2cc(OC)c(OC)c(OC)c2)C1.Cl. The van der Waals surface area contributed by atoms with Crippen LogP contribution in [-0.2, 0) is 9.59 Å². The third kappa shape index (κ3) is 5.17. The molecule has 2 atom stereocenters. The molecule has 152 valence electrons.